The Bertz CT molecular complexity index is 488. The number of carbonyl (C=O) groups is 1. The van der Waals surface area contributed by atoms with Gasteiger partial charge in [-0.15, -0.1) is 23.1 Å². The summed E-state index contributed by atoms with van der Waals surface area (Å²) in [5, 5.41) is 11.5. The largest absolute Gasteiger partial charge is 0.478 e. The Hall–Kier alpha value is -1.00. The third-order valence-electron chi connectivity index (χ3n) is 2.01. The summed E-state index contributed by atoms with van der Waals surface area (Å²) < 4.78 is 1.03. The number of fused-ring (bicyclic) bond motifs is 1. The molecule has 0 spiro atoms. The van der Waals surface area contributed by atoms with Gasteiger partial charge in [-0.25, -0.2) is 4.79 Å². The lowest BCUT2D eigenvalue weighted by Gasteiger charge is -1.96. The molecular formula is C10H8O2S2. The van der Waals surface area contributed by atoms with Crippen LogP contribution in [0.2, 0.25) is 0 Å². The molecule has 2 rings (SSSR count). The van der Waals surface area contributed by atoms with Crippen molar-refractivity contribution in [2.24, 2.45) is 0 Å². The fraction of sp³-hybridized carbons (Fsp3) is 0.100. The van der Waals surface area contributed by atoms with Crippen molar-refractivity contribution in [1.82, 2.24) is 0 Å². The third kappa shape index (κ3) is 1.51. The molecule has 1 heterocycles. The van der Waals surface area contributed by atoms with Gasteiger partial charge in [-0.05, 0) is 24.5 Å². The average molecular weight is 224 g/mol. The van der Waals surface area contributed by atoms with Crippen molar-refractivity contribution in [3.05, 3.63) is 29.1 Å². The lowest BCUT2D eigenvalue weighted by Crippen LogP contribution is -1.93. The average Bonchev–Trinajstić information content (AvgIpc) is 2.59. The SMILES string of the molecule is CSc1ccc2scc(C(=O)O)c2c1. The van der Waals surface area contributed by atoms with Gasteiger partial charge in [0.1, 0.15) is 0 Å². The molecule has 0 bridgehead atoms. The van der Waals surface area contributed by atoms with E-state index >= 15 is 0 Å². The molecule has 0 aliphatic heterocycles. The van der Waals surface area contributed by atoms with Crippen LogP contribution in [0.25, 0.3) is 10.1 Å². The Morgan fingerprint density at radius 1 is 1.50 bits per heavy atom. The summed E-state index contributed by atoms with van der Waals surface area (Å²) in [6.07, 6.45) is 1.98. The summed E-state index contributed by atoms with van der Waals surface area (Å²) in [4.78, 5) is 12.0. The fourth-order valence-electron chi connectivity index (χ4n) is 1.30. The number of hydrogen-bond acceptors (Lipinski definition) is 3. The van der Waals surface area contributed by atoms with E-state index in [1.165, 1.54) is 11.3 Å². The van der Waals surface area contributed by atoms with Crippen molar-refractivity contribution in [1.29, 1.82) is 0 Å². The van der Waals surface area contributed by atoms with Crippen molar-refractivity contribution in [3.8, 4) is 0 Å². The Morgan fingerprint density at radius 2 is 2.29 bits per heavy atom. The second kappa shape index (κ2) is 3.63. The van der Waals surface area contributed by atoms with Gasteiger partial charge >= 0.3 is 5.97 Å². The first kappa shape index (κ1) is 9.55. The van der Waals surface area contributed by atoms with Gasteiger partial charge in [-0.2, -0.15) is 0 Å². The van der Waals surface area contributed by atoms with Crippen LogP contribution in [0, 0.1) is 0 Å². The molecular weight excluding hydrogens is 216 g/mol. The maximum Gasteiger partial charge on any atom is 0.337 e. The highest BCUT2D eigenvalue weighted by Gasteiger charge is 2.10. The van der Waals surface area contributed by atoms with Crippen LogP contribution >= 0.6 is 23.1 Å². The molecule has 0 atom stereocenters. The van der Waals surface area contributed by atoms with Gasteiger partial charge in [0.25, 0.3) is 0 Å². The van der Waals surface area contributed by atoms with Crippen LogP contribution in [0.5, 0.6) is 0 Å². The van der Waals surface area contributed by atoms with Crippen LogP contribution in [-0.4, -0.2) is 17.3 Å². The topological polar surface area (TPSA) is 37.3 Å². The van der Waals surface area contributed by atoms with Crippen LogP contribution < -0.4 is 0 Å². The van der Waals surface area contributed by atoms with E-state index in [2.05, 4.69) is 0 Å². The molecule has 2 nitrogen and oxygen atoms in total. The van der Waals surface area contributed by atoms with Crippen LogP contribution in [0.15, 0.2) is 28.5 Å². The van der Waals surface area contributed by atoms with E-state index < -0.39 is 5.97 Å². The first-order chi connectivity index (χ1) is 6.72. The van der Waals surface area contributed by atoms with Gasteiger partial charge in [0.05, 0.1) is 5.56 Å². The summed E-state index contributed by atoms with van der Waals surface area (Å²) in [5.41, 5.74) is 0.404. The second-order valence-corrected chi connectivity index (χ2v) is 4.61. The van der Waals surface area contributed by atoms with Crippen LogP contribution in [0.4, 0.5) is 0 Å². The maximum atomic E-state index is 10.9. The Kier molecular flexibility index (Phi) is 2.48. The standard InChI is InChI=1S/C10H8O2S2/c1-13-6-2-3-9-7(4-6)8(5-14-9)10(11)12/h2-5H,1H3,(H,11,12). The van der Waals surface area contributed by atoms with Crippen molar-refractivity contribution in [2.75, 3.05) is 6.26 Å². The molecule has 14 heavy (non-hydrogen) atoms. The van der Waals surface area contributed by atoms with E-state index in [1.54, 1.807) is 17.1 Å². The van der Waals surface area contributed by atoms with Gasteiger partial charge in [0.15, 0.2) is 0 Å². The minimum atomic E-state index is -0.852. The van der Waals surface area contributed by atoms with Gasteiger partial charge in [0.2, 0.25) is 0 Å². The number of hydrogen-bond donors (Lipinski definition) is 1. The second-order valence-electron chi connectivity index (χ2n) is 2.82. The molecule has 1 N–H and O–H groups in total. The molecule has 0 aliphatic carbocycles. The molecule has 72 valence electrons. The van der Waals surface area contributed by atoms with E-state index in [9.17, 15) is 4.79 Å². The van der Waals surface area contributed by atoms with E-state index in [1.807, 2.05) is 24.5 Å². The summed E-state index contributed by atoms with van der Waals surface area (Å²) in [7, 11) is 0. The lowest BCUT2D eigenvalue weighted by molar-refractivity contribution is 0.0699. The zero-order valence-electron chi connectivity index (χ0n) is 7.48. The molecule has 0 saturated carbocycles. The zero-order chi connectivity index (χ0) is 10.1. The highest BCUT2D eigenvalue weighted by molar-refractivity contribution is 7.98. The van der Waals surface area contributed by atoms with Crippen molar-refractivity contribution in [2.45, 2.75) is 4.90 Å². The summed E-state index contributed by atoms with van der Waals surface area (Å²) >= 11 is 3.09. The summed E-state index contributed by atoms with van der Waals surface area (Å²) in [6.45, 7) is 0. The highest BCUT2D eigenvalue weighted by atomic mass is 32.2. The number of carboxylic acids is 1. The van der Waals surface area contributed by atoms with E-state index in [0.29, 0.717) is 5.56 Å². The molecule has 0 aliphatic rings. The molecule has 0 unspecified atom stereocenters. The molecule has 0 amide bonds. The van der Waals surface area contributed by atoms with Gasteiger partial charge in [-0.1, -0.05) is 0 Å². The Morgan fingerprint density at radius 3 is 2.93 bits per heavy atom. The molecule has 0 saturated heterocycles. The van der Waals surface area contributed by atoms with Gasteiger partial charge in [-0.3, -0.25) is 0 Å². The Balaban J connectivity index is 2.69. The summed E-state index contributed by atoms with van der Waals surface area (Å²) in [6, 6.07) is 5.91. The first-order valence-electron chi connectivity index (χ1n) is 4.01. The van der Waals surface area contributed by atoms with Crippen LogP contribution in [-0.2, 0) is 0 Å². The number of rotatable bonds is 2. The summed E-state index contributed by atoms with van der Waals surface area (Å²) in [5.74, 6) is -0.852. The molecule has 2 aromatic rings. The third-order valence-corrected chi connectivity index (χ3v) is 3.70. The first-order valence-corrected chi connectivity index (χ1v) is 6.11. The van der Waals surface area contributed by atoms with E-state index in [0.717, 1.165) is 15.0 Å². The van der Waals surface area contributed by atoms with E-state index in [4.69, 9.17) is 5.11 Å². The monoisotopic (exact) mass is 224 g/mol. The van der Waals surface area contributed by atoms with Crippen molar-refractivity contribution < 1.29 is 9.90 Å². The molecule has 0 radical (unpaired) electrons. The predicted octanol–water partition coefficient (Wildman–Crippen LogP) is 3.32. The molecule has 1 aromatic carbocycles. The molecule has 1 aromatic heterocycles. The normalized spacial score (nSPS) is 10.6. The van der Waals surface area contributed by atoms with Crippen LogP contribution in [0.1, 0.15) is 10.4 Å². The number of benzene rings is 1. The minimum absolute atomic E-state index is 0.404. The van der Waals surface area contributed by atoms with Crippen molar-refractivity contribution in [3.63, 3.8) is 0 Å². The fourth-order valence-corrected chi connectivity index (χ4v) is 2.66. The quantitative estimate of drug-likeness (QED) is 0.795. The zero-order valence-corrected chi connectivity index (χ0v) is 9.11. The number of carboxylic acid groups (broad SMARTS) is 1. The number of aromatic carboxylic acids is 1. The molecule has 0 fully saturated rings. The Labute approximate surface area is 89.6 Å². The highest BCUT2D eigenvalue weighted by Crippen LogP contribution is 2.29. The van der Waals surface area contributed by atoms with Gasteiger partial charge in [0, 0.05) is 20.4 Å². The number of thioether (sulfide) groups is 1. The molecule has 4 heteroatoms. The van der Waals surface area contributed by atoms with Gasteiger partial charge < -0.3 is 5.11 Å². The maximum absolute atomic E-state index is 10.9. The lowest BCUT2D eigenvalue weighted by atomic mass is 10.2. The van der Waals surface area contributed by atoms with Crippen LogP contribution in [0.3, 0.4) is 0 Å². The predicted molar refractivity (Wildman–Crippen MR) is 60.6 cm³/mol. The number of thiophene rings is 1. The van der Waals surface area contributed by atoms with E-state index in [-0.39, 0.29) is 0 Å². The minimum Gasteiger partial charge on any atom is -0.478 e. The van der Waals surface area contributed by atoms with Crippen molar-refractivity contribution >= 4 is 39.2 Å². The smallest absolute Gasteiger partial charge is 0.337 e.